The highest BCUT2D eigenvalue weighted by atomic mass is 32.2. The Morgan fingerprint density at radius 3 is 2.58 bits per heavy atom. The smallest absolute Gasteiger partial charge is 0.219 e. The van der Waals surface area contributed by atoms with Gasteiger partial charge >= 0.3 is 0 Å². The highest BCUT2D eigenvalue weighted by Gasteiger charge is 2.11. The van der Waals surface area contributed by atoms with Crippen molar-refractivity contribution in [1.29, 1.82) is 5.26 Å². The minimum Gasteiger partial charge on any atom is -0.388 e. The summed E-state index contributed by atoms with van der Waals surface area (Å²) in [5.74, 6) is -0.0254. The largest absolute Gasteiger partial charge is 0.388 e. The second kappa shape index (κ2) is 8.32. The fraction of sp³-hybridized carbons (Fsp3) is 0.500. The molecule has 106 valence electrons. The Bertz CT molecular complexity index is 513. The van der Waals surface area contributed by atoms with Gasteiger partial charge in [-0.15, -0.1) is 0 Å². The van der Waals surface area contributed by atoms with E-state index in [-0.39, 0.29) is 11.5 Å². The molecule has 0 aromatic rings. The summed E-state index contributed by atoms with van der Waals surface area (Å²) in [6.45, 7) is 2.44. The van der Waals surface area contributed by atoms with Gasteiger partial charge in [0.1, 0.15) is 11.1 Å². The summed E-state index contributed by atoms with van der Waals surface area (Å²) in [5, 5.41) is 11.0. The van der Waals surface area contributed by atoms with Crippen molar-refractivity contribution in [2.45, 2.75) is 26.2 Å². The number of nitriles is 1. The highest BCUT2D eigenvalue weighted by molar-refractivity contribution is 7.94. The summed E-state index contributed by atoms with van der Waals surface area (Å²) >= 11 is 0. The van der Waals surface area contributed by atoms with E-state index < -0.39 is 14.9 Å². The lowest BCUT2D eigenvalue weighted by molar-refractivity contribution is -0.121. The lowest BCUT2D eigenvalue weighted by atomic mass is 10.2. The van der Waals surface area contributed by atoms with Crippen LogP contribution in [0.25, 0.3) is 0 Å². The monoisotopic (exact) mass is 285 g/mol. The first-order valence-electron chi connectivity index (χ1n) is 5.86. The molecule has 0 atom stereocenters. The second-order valence-electron chi connectivity index (χ2n) is 3.91. The number of sulfone groups is 1. The second-order valence-corrected chi connectivity index (χ2v) is 5.89. The van der Waals surface area contributed by atoms with Crippen molar-refractivity contribution in [3.63, 3.8) is 0 Å². The Labute approximate surface area is 113 Å². The first-order chi connectivity index (χ1) is 8.82. The van der Waals surface area contributed by atoms with Gasteiger partial charge in [0.15, 0.2) is 9.84 Å². The quantitative estimate of drug-likeness (QED) is 0.404. The average Bonchev–Trinajstić information content (AvgIpc) is 2.32. The van der Waals surface area contributed by atoms with Crippen LogP contribution in [0.15, 0.2) is 22.8 Å². The predicted octanol–water partition coefficient (Wildman–Crippen LogP) is 0.587. The number of rotatable bonds is 7. The molecule has 7 heteroatoms. The van der Waals surface area contributed by atoms with Crippen LogP contribution in [0.5, 0.6) is 0 Å². The van der Waals surface area contributed by atoms with Gasteiger partial charge in [0, 0.05) is 19.2 Å². The van der Waals surface area contributed by atoms with Gasteiger partial charge in [-0.2, -0.15) is 5.26 Å². The van der Waals surface area contributed by atoms with E-state index in [4.69, 9.17) is 11.0 Å². The van der Waals surface area contributed by atoms with E-state index in [0.717, 1.165) is 6.26 Å². The molecule has 1 amide bonds. The minimum atomic E-state index is -3.56. The molecule has 19 heavy (non-hydrogen) atoms. The van der Waals surface area contributed by atoms with Crippen molar-refractivity contribution < 1.29 is 13.2 Å². The maximum absolute atomic E-state index is 11.2. The lowest BCUT2D eigenvalue weighted by Gasteiger charge is -2.00. The molecular formula is C12H19N3O3S. The molecule has 3 N–H and O–H groups in total. The highest BCUT2D eigenvalue weighted by Crippen LogP contribution is 2.07. The topological polar surface area (TPSA) is 113 Å². The van der Waals surface area contributed by atoms with E-state index in [2.05, 4.69) is 5.32 Å². The number of allylic oxidation sites excluding steroid dienone is 3. The van der Waals surface area contributed by atoms with Crippen LogP contribution >= 0.6 is 0 Å². The van der Waals surface area contributed by atoms with Crippen molar-refractivity contribution in [2.24, 2.45) is 5.73 Å². The zero-order valence-corrected chi connectivity index (χ0v) is 12.0. The van der Waals surface area contributed by atoms with Crippen molar-refractivity contribution in [3.8, 4) is 6.07 Å². The summed E-state index contributed by atoms with van der Waals surface area (Å²) in [5.41, 5.74) is 5.28. The number of nitrogens with zero attached hydrogens (tertiary/aromatic N) is 1. The van der Waals surface area contributed by atoms with Crippen LogP contribution in [0, 0.1) is 11.3 Å². The van der Waals surface area contributed by atoms with Gasteiger partial charge in [-0.05, 0) is 25.8 Å². The molecule has 6 nitrogen and oxygen atoms in total. The fourth-order valence-electron chi connectivity index (χ4n) is 1.24. The molecule has 0 radical (unpaired) electrons. The van der Waals surface area contributed by atoms with Gasteiger partial charge in [0.2, 0.25) is 5.91 Å². The molecule has 0 aliphatic heterocycles. The minimum absolute atomic E-state index is 0.0254. The third-order valence-corrected chi connectivity index (χ3v) is 3.24. The van der Waals surface area contributed by atoms with Gasteiger partial charge in [-0.1, -0.05) is 6.08 Å². The zero-order valence-electron chi connectivity index (χ0n) is 11.1. The normalized spacial score (nSPS) is 12.9. The molecule has 0 aromatic heterocycles. The molecule has 0 unspecified atom stereocenters. The third-order valence-electron chi connectivity index (χ3n) is 2.22. The summed E-state index contributed by atoms with van der Waals surface area (Å²) < 4.78 is 22.3. The summed E-state index contributed by atoms with van der Waals surface area (Å²) in [6.07, 6.45) is 5.54. The van der Waals surface area contributed by atoms with E-state index in [0.29, 0.717) is 25.8 Å². The van der Waals surface area contributed by atoms with Crippen LogP contribution in [0.1, 0.15) is 26.2 Å². The number of amides is 1. The van der Waals surface area contributed by atoms with Gasteiger partial charge in [-0.3, -0.25) is 4.79 Å². The fourth-order valence-corrected chi connectivity index (χ4v) is 1.75. The van der Waals surface area contributed by atoms with Crippen LogP contribution < -0.4 is 11.1 Å². The number of nitrogens with one attached hydrogen (secondary N) is 1. The molecule has 0 aliphatic carbocycles. The van der Waals surface area contributed by atoms with Crippen LogP contribution in [-0.4, -0.2) is 27.1 Å². The zero-order chi connectivity index (χ0) is 14.9. The number of carbonyl (C=O) groups excluding carboxylic acids is 1. The van der Waals surface area contributed by atoms with E-state index in [1.54, 1.807) is 12.1 Å². The summed E-state index contributed by atoms with van der Waals surface area (Å²) in [7, 11) is -3.56. The van der Waals surface area contributed by atoms with Crippen molar-refractivity contribution in [2.75, 3.05) is 12.8 Å². The molecule has 0 spiro atoms. The SMILES string of the molecule is CCNC(=O)CCC/C=C\C(C#N)=C(/N)S(C)(=O)=O. The summed E-state index contributed by atoms with van der Waals surface area (Å²) in [4.78, 5) is 11.1. The molecule has 0 saturated heterocycles. The number of hydrogen-bond acceptors (Lipinski definition) is 5. The maximum Gasteiger partial charge on any atom is 0.219 e. The Morgan fingerprint density at radius 2 is 2.11 bits per heavy atom. The lowest BCUT2D eigenvalue weighted by Crippen LogP contribution is -2.21. The molecule has 0 heterocycles. The van der Waals surface area contributed by atoms with Crippen LogP contribution in [-0.2, 0) is 14.6 Å². The van der Waals surface area contributed by atoms with Crippen molar-refractivity contribution in [3.05, 3.63) is 22.8 Å². The van der Waals surface area contributed by atoms with Crippen LogP contribution in [0.2, 0.25) is 0 Å². The van der Waals surface area contributed by atoms with Gasteiger partial charge < -0.3 is 11.1 Å². The van der Waals surface area contributed by atoms with Crippen LogP contribution in [0.3, 0.4) is 0 Å². The first-order valence-corrected chi connectivity index (χ1v) is 7.75. The molecule has 0 bridgehead atoms. The Morgan fingerprint density at radius 1 is 1.47 bits per heavy atom. The van der Waals surface area contributed by atoms with Crippen molar-refractivity contribution in [1.82, 2.24) is 5.32 Å². The summed E-state index contributed by atoms with van der Waals surface area (Å²) in [6, 6.07) is 1.74. The van der Waals surface area contributed by atoms with E-state index in [9.17, 15) is 13.2 Å². The predicted molar refractivity (Wildman–Crippen MR) is 73.3 cm³/mol. The maximum atomic E-state index is 11.2. The number of unbranched alkanes of at least 4 members (excludes halogenated alkanes) is 1. The molecule has 0 aromatic carbocycles. The molecule has 0 aliphatic rings. The van der Waals surface area contributed by atoms with Gasteiger partial charge in [0.25, 0.3) is 0 Å². The third kappa shape index (κ3) is 7.26. The molecule has 0 fully saturated rings. The number of nitrogens with two attached hydrogens (primary N) is 1. The Balaban J connectivity index is 4.41. The number of carbonyl (C=O) groups is 1. The van der Waals surface area contributed by atoms with Crippen LogP contribution in [0.4, 0.5) is 0 Å². The van der Waals surface area contributed by atoms with Crippen molar-refractivity contribution >= 4 is 15.7 Å². The van der Waals surface area contributed by atoms with Gasteiger partial charge in [-0.25, -0.2) is 8.42 Å². The average molecular weight is 285 g/mol. The Hall–Kier alpha value is -1.81. The Kier molecular flexibility index (Phi) is 7.53. The molecule has 0 saturated carbocycles. The molecule has 0 rings (SSSR count). The first kappa shape index (κ1) is 17.2. The number of hydrogen-bond donors (Lipinski definition) is 2. The standard InChI is InChI=1S/C12H19N3O3S/c1-3-15-11(16)8-6-4-5-7-10(9-13)12(14)19(2,17)18/h5,7H,3-4,6,8,14H2,1-2H3,(H,15,16)/b7-5-,12-10-. The van der Waals surface area contributed by atoms with E-state index in [1.807, 2.05) is 6.92 Å². The van der Waals surface area contributed by atoms with Gasteiger partial charge in [0.05, 0.1) is 5.57 Å². The molecular weight excluding hydrogens is 266 g/mol. The van der Waals surface area contributed by atoms with E-state index >= 15 is 0 Å². The van der Waals surface area contributed by atoms with E-state index in [1.165, 1.54) is 6.08 Å².